The molecule has 1 N–H and O–H groups in total. The van der Waals surface area contributed by atoms with Crippen molar-refractivity contribution in [2.45, 2.75) is 6.42 Å². The second-order valence-corrected chi connectivity index (χ2v) is 3.15. The topological polar surface area (TPSA) is 21.3 Å². The Morgan fingerprint density at radius 1 is 1.42 bits per heavy atom. The summed E-state index contributed by atoms with van der Waals surface area (Å²) in [6, 6.07) is 5.69. The highest BCUT2D eigenvalue weighted by Crippen LogP contribution is 2.33. The molecule has 1 aliphatic rings. The molecule has 2 nitrogen and oxygen atoms in total. The third kappa shape index (κ3) is 1.34. The Hall–Kier alpha value is -0.890. The van der Waals surface area contributed by atoms with Gasteiger partial charge < -0.3 is 10.1 Å². The number of hydrogen-bond acceptors (Lipinski definition) is 2. The first kappa shape index (κ1) is 7.74. The largest absolute Gasteiger partial charge is 0.491 e. The van der Waals surface area contributed by atoms with Gasteiger partial charge in [-0.2, -0.15) is 0 Å². The van der Waals surface area contributed by atoms with E-state index in [0.29, 0.717) is 0 Å². The van der Waals surface area contributed by atoms with Crippen molar-refractivity contribution in [1.29, 1.82) is 0 Å². The monoisotopic (exact) mass is 183 g/mol. The Kier molecular flexibility index (Phi) is 2.09. The van der Waals surface area contributed by atoms with Gasteiger partial charge in [-0.25, -0.2) is 0 Å². The lowest BCUT2D eigenvalue weighted by Crippen LogP contribution is -2.00. The molecular formula is C9H10ClNO. The van der Waals surface area contributed by atoms with Crippen LogP contribution in [0.2, 0.25) is 5.02 Å². The van der Waals surface area contributed by atoms with E-state index < -0.39 is 0 Å². The van der Waals surface area contributed by atoms with Gasteiger partial charge in [0.25, 0.3) is 0 Å². The van der Waals surface area contributed by atoms with E-state index in [1.807, 2.05) is 18.2 Å². The summed E-state index contributed by atoms with van der Waals surface area (Å²) in [6.07, 6.45) is 1.02. The van der Waals surface area contributed by atoms with Gasteiger partial charge in [-0.05, 0) is 18.6 Å². The highest BCUT2D eigenvalue weighted by atomic mass is 35.5. The van der Waals surface area contributed by atoms with Crippen LogP contribution in [0.1, 0.15) is 6.42 Å². The van der Waals surface area contributed by atoms with E-state index in [0.717, 1.165) is 36.0 Å². The third-order valence-electron chi connectivity index (χ3n) is 1.86. The SMILES string of the molecule is Clc1cccc2c1NCCCO2. The first-order valence-electron chi connectivity index (χ1n) is 4.03. The first-order valence-corrected chi connectivity index (χ1v) is 4.41. The third-order valence-corrected chi connectivity index (χ3v) is 2.17. The molecule has 0 radical (unpaired) electrons. The molecule has 1 aromatic rings. The number of hydrogen-bond donors (Lipinski definition) is 1. The number of anilines is 1. The molecule has 0 aliphatic carbocycles. The lowest BCUT2D eigenvalue weighted by molar-refractivity contribution is 0.323. The van der Waals surface area contributed by atoms with E-state index in [2.05, 4.69) is 5.32 Å². The van der Waals surface area contributed by atoms with Gasteiger partial charge in [-0.1, -0.05) is 17.7 Å². The Morgan fingerprint density at radius 2 is 2.33 bits per heavy atom. The second-order valence-electron chi connectivity index (χ2n) is 2.74. The van der Waals surface area contributed by atoms with Crippen molar-refractivity contribution < 1.29 is 4.74 Å². The molecule has 0 bridgehead atoms. The first-order chi connectivity index (χ1) is 5.88. The minimum Gasteiger partial charge on any atom is -0.491 e. The molecule has 64 valence electrons. The van der Waals surface area contributed by atoms with Crippen LogP contribution < -0.4 is 10.1 Å². The maximum Gasteiger partial charge on any atom is 0.143 e. The minimum atomic E-state index is 0.731. The molecule has 0 atom stereocenters. The van der Waals surface area contributed by atoms with Crippen molar-refractivity contribution in [3.63, 3.8) is 0 Å². The van der Waals surface area contributed by atoms with Gasteiger partial charge in [-0.15, -0.1) is 0 Å². The van der Waals surface area contributed by atoms with Crippen LogP contribution in [0.5, 0.6) is 5.75 Å². The van der Waals surface area contributed by atoms with Crippen molar-refractivity contribution in [2.75, 3.05) is 18.5 Å². The van der Waals surface area contributed by atoms with E-state index in [4.69, 9.17) is 16.3 Å². The van der Waals surface area contributed by atoms with Gasteiger partial charge in [0.1, 0.15) is 5.75 Å². The maximum absolute atomic E-state index is 5.97. The van der Waals surface area contributed by atoms with Gasteiger partial charge in [0.05, 0.1) is 17.3 Å². The Labute approximate surface area is 76.5 Å². The molecule has 0 unspecified atom stereocenters. The average Bonchev–Trinajstić information content (AvgIpc) is 2.30. The standard InChI is InChI=1S/C9H10ClNO/c10-7-3-1-4-8-9(7)11-5-2-6-12-8/h1,3-4,11H,2,5-6H2. The summed E-state index contributed by atoms with van der Waals surface area (Å²) in [5.41, 5.74) is 0.927. The molecule has 0 saturated heterocycles. The fourth-order valence-electron chi connectivity index (χ4n) is 1.26. The quantitative estimate of drug-likeness (QED) is 0.668. The highest BCUT2D eigenvalue weighted by molar-refractivity contribution is 6.33. The molecule has 3 heteroatoms. The Morgan fingerprint density at radius 3 is 3.25 bits per heavy atom. The lowest BCUT2D eigenvalue weighted by atomic mass is 10.3. The van der Waals surface area contributed by atoms with E-state index in [1.54, 1.807) is 0 Å². The maximum atomic E-state index is 5.97. The van der Waals surface area contributed by atoms with Crippen molar-refractivity contribution in [3.05, 3.63) is 23.2 Å². The van der Waals surface area contributed by atoms with Gasteiger partial charge in [-0.3, -0.25) is 0 Å². The highest BCUT2D eigenvalue weighted by Gasteiger charge is 2.10. The fourth-order valence-corrected chi connectivity index (χ4v) is 1.50. The van der Waals surface area contributed by atoms with Gasteiger partial charge >= 0.3 is 0 Å². The molecular weight excluding hydrogens is 174 g/mol. The lowest BCUT2D eigenvalue weighted by Gasteiger charge is -2.08. The van der Waals surface area contributed by atoms with Crippen LogP contribution in [0.15, 0.2) is 18.2 Å². The molecule has 2 rings (SSSR count). The summed E-state index contributed by atoms with van der Waals surface area (Å²) in [4.78, 5) is 0. The summed E-state index contributed by atoms with van der Waals surface area (Å²) < 4.78 is 5.48. The molecule has 0 saturated carbocycles. The van der Waals surface area contributed by atoms with Crippen LogP contribution in [-0.2, 0) is 0 Å². The van der Waals surface area contributed by atoms with Crippen molar-refractivity contribution in [3.8, 4) is 5.75 Å². The van der Waals surface area contributed by atoms with Gasteiger partial charge in [0.2, 0.25) is 0 Å². The summed E-state index contributed by atoms with van der Waals surface area (Å²) in [5.74, 6) is 0.861. The number of rotatable bonds is 0. The smallest absolute Gasteiger partial charge is 0.143 e. The molecule has 1 aromatic carbocycles. The van der Waals surface area contributed by atoms with Gasteiger partial charge in [0.15, 0.2) is 0 Å². The molecule has 0 amide bonds. The van der Waals surface area contributed by atoms with Crippen LogP contribution >= 0.6 is 11.6 Å². The normalized spacial score (nSPS) is 15.4. The Balaban J connectivity index is 2.42. The van der Waals surface area contributed by atoms with E-state index >= 15 is 0 Å². The number of ether oxygens (including phenoxy) is 1. The predicted molar refractivity (Wildman–Crippen MR) is 50.1 cm³/mol. The van der Waals surface area contributed by atoms with Crippen LogP contribution in [0.3, 0.4) is 0 Å². The molecule has 0 spiro atoms. The van der Waals surface area contributed by atoms with Gasteiger partial charge in [0, 0.05) is 6.54 Å². The number of fused-ring (bicyclic) bond motifs is 1. The van der Waals surface area contributed by atoms with E-state index in [9.17, 15) is 0 Å². The molecule has 12 heavy (non-hydrogen) atoms. The van der Waals surface area contributed by atoms with Crippen LogP contribution in [0.4, 0.5) is 5.69 Å². The summed E-state index contributed by atoms with van der Waals surface area (Å²) in [7, 11) is 0. The summed E-state index contributed by atoms with van der Waals surface area (Å²) in [6.45, 7) is 1.69. The predicted octanol–water partition coefficient (Wildman–Crippen LogP) is 2.53. The summed E-state index contributed by atoms with van der Waals surface area (Å²) >= 11 is 5.97. The van der Waals surface area contributed by atoms with Crippen molar-refractivity contribution in [1.82, 2.24) is 0 Å². The van der Waals surface area contributed by atoms with Crippen molar-refractivity contribution in [2.24, 2.45) is 0 Å². The number of para-hydroxylation sites is 1. The van der Waals surface area contributed by atoms with E-state index in [-0.39, 0.29) is 0 Å². The van der Waals surface area contributed by atoms with Crippen LogP contribution in [0.25, 0.3) is 0 Å². The molecule has 0 fully saturated rings. The number of benzene rings is 1. The zero-order chi connectivity index (χ0) is 8.39. The van der Waals surface area contributed by atoms with E-state index in [1.165, 1.54) is 0 Å². The van der Waals surface area contributed by atoms with Crippen LogP contribution in [0, 0.1) is 0 Å². The Bertz CT molecular complexity index is 288. The minimum absolute atomic E-state index is 0.731. The zero-order valence-corrected chi connectivity index (χ0v) is 7.40. The molecule has 1 heterocycles. The second kappa shape index (κ2) is 3.23. The number of nitrogens with one attached hydrogen (secondary N) is 1. The zero-order valence-electron chi connectivity index (χ0n) is 6.64. The molecule has 1 aliphatic heterocycles. The van der Waals surface area contributed by atoms with Crippen molar-refractivity contribution >= 4 is 17.3 Å². The van der Waals surface area contributed by atoms with Crippen LogP contribution in [-0.4, -0.2) is 13.2 Å². The summed E-state index contributed by atoms with van der Waals surface area (Å²) in [5, 5.41) is 3.97. The fraction of sp³-hybridized carbons (Fsp3) is 0.333. The average molecular weight is 184 g/mol. The number of halogens is 1. The molecule has 0 aromatic heterocycles.